The van der Waals surface area contributed by atoms with Gasteiger partial charge in [0, 0.05) is 11.4 Å². The summed E-state index contributed by atoms with van der Waals surface area (Å²) in [6.45, 7) is 0. The molecule has 1 aromatic rings. The van der Waals surface area contributed by atoms with Crippen LogP contribution in [0, 0.1) is 6.42 Å². The second-order valence-corrected chi connectivity index (χ2v) is 5.01. The molecule has 0 aliphatic rings. The average molecular weight is 256 g/mol. The van der Waals surface area contributed by atoms with Gasteiger partial charge in [-0.25, -0.2) is 0 Å². The van der Waals surface area contributed by atoms with E-state index in [1.54, 1.807) is 11.8 Å². The maximum absolute atomic E-state index is 10.1. The lowest BCUT2D eigenvalue weighted by atomic mass is 10.1. The maximum Gasteiger partial charge on any atom is 0.120 e. The van der Waals surface area contributed by atoms with Crippen molar-refractivity contribution in [1.82, 2.24) is 0 Å². The third-order valence-corrected chi connectivity index (χ3v) is 3.56. The number of rotatable bonds is 8. The summed E-state index contributed by atoms with van der Waals surface area (Å²) in [6.07, 6.45) is 5.91. The smallest absolute Gasteiger partial charge is 0.120 e. The van der Waals surface area contributed by atoms with Crippen molar-refractivity contribution < 1.29 is 4.79 Å². The topological polar surface area (TPSA) is 17.1 Å². The number of carbonyl (C=O) groups excluding carboxylic acids is 1. The van der Waals surface area contributed by atoms with Crippen LogP contribution in [0.3, 0.4) is 0 Å². The van der Waals surface area contributed by atoms with Crippen LogP contribution in [0.15, 0.2) is 24.3 Å². The van der Waals surface area contributed by atoms with Gasteiger partial charge in [0.25, 0.3) is 0 Å². The van der Waals surface area contributed by atoms with E-state index in [1.807, 2.05) is 18.2 Å². The van der Waals surface area contributed by atoms with Gasteiger partial charge in [0.2, 0.25) is 0 Å². The molecule has 1 radical (unpaired) electrons. The molecule has 0 amide bonds. The van der Waals surface area contributed by atoms with Gasteiger partial charge < -0.3 is 4.79 Å². The predicted molar refractivity (Wildman–Crippen MR) is 72.1 cm³/mol. The first-order chi connectivity index (χ1) is 7.84. The van der Waals surface area contributed by atoms with E-state index in [0.717, 1.165) is 35.7 Å². The van der Waals surface area contributed by atoms with Crippen LogP contribution in [0.2, 0.25) is 5.02 Å². The van der Waals surface area contributed by atoms with Gasteiger partial charge in [-0.2, -0.15) is 11.8 Å². The highest BCUT2D eigenvalue weighted by molar-refractivity contribution is 7.99. The second-order valence-electron chi connectivity index (χ2n) is 3.45. The van der Waals surface area contributed by atoms with E-state index < -0.39 is 0 Å². The van der Waals surface area contributed by atoms with E-state index in [2.05, 4.69) is 12.5 Å². The molecule has 0 aliphatic heterocycles. The van der Waals surface area contributed by atoms with Crippen molar-refractivity contribution in [3.63, 3.8) is 0 Å². The molecule has 0 N–H and O–H groups in total. The molecule has 0 aliphatic carbocycles. The Labute approximate surface area is 107 Å². The van der Waals surface area contributed by atoms with Crippen molar-refractivity contribution in [2.75, 3.05) is 11.5 Å². The Bertz CT molecular complexity index is 315. The Morgan fingerprint density at radius 3 is 2.81 bits per heavy atom. The summed E-state index contributed by atoms with van der Waals surface area (Å²) in [6, 6.07) is 7.95. The van der Waals surface area contributed by atoms with Crippen molar-refractivity contribution in [1.29, 1.82) is 0 Å². The van der Waals surface area contributed by atoms with Crippen LogP contribution < -0.4 is 0 Å². The summed E-state index contributed by atoms with van der Waals surface area (Å²) in [5.41, 5.74) is 1.21. The normalized spacial score (nSPS) is 10.3. The van der Waals surface area contributed by atoms with Crippen LogP contribution in [0.5, 0.6) is 0 Å². The van der Waals surface area contributed by atoms with Gasteiger partial charge in [-0.15, -0.1) is 0 Å². The first kappa shape index (κ1) is 13.6. The SMILES string of the molecule is O=CCCSC[CH]CCc1ccccc1Cl. The molecule has 0 heterocycles. The lowest BCUT2D eigenvalue weighted by molar-refractivity contribution is -0.107. The number of halogens is 1. The summed E-state index contributed by atoms with van der Waals surface area (Å²) in [7, 11) is 0. The minimum atomic E-state index is 0.656. The van der Waals surface area contributed by atoms with E-state index in [9.17, 15) is 4.79 Å². The molecule has 87 valence electrons. The Morgan fingerprint density at radius 1 is 1.25 bits per heavy atom. The number of aryl methyl sites for hydroxylation is 1. The maximum atomic E-state index is 10.1. The zero-order valence-electron chi connectivity index (χ0n) is 9.19. The zero-order valence-corrected chi connectivity index (χ0v) is 10.8. The Hall–Kier alpha value is -0.470. The van der Waals surface area contributed by atoms with Crippen LogP contribution >= 0.6 is 23.4 Å². The molecule has 3 heteroatoms. The largest absolute Gasteiger partial charge is 0.303 e. The minimum absolute atomic E-state index is 0.656. The molecule has 1 rings (SSSR count). The molecule has 16 heavy (non-hydrogen) atoms. The number of thioether (sulfide) groups is 1. The Kier molecular flexibility index (Phi) is 7.35. The molecule has 0 bridgehead atoms. The summed E-state index contributed by atoms with van der Waals surface area (Å²) in [4.78, 5) is 10.1. The number of unbranched alkanes of at least 4 members (excludes halogenated alkanes) is 1. The van der Waals surface area contributed by atoms with Crippen molar-refractivity contribution >= 4 is 29.6 Å². The third-order valence-electron chi connectivity index (χ3n) is 2.19. The standard InChI is InChI=1S/C13H16ClOS/c14-13-8-2-1-6-12(13)7-3-4-10-16-11-5-9-15/h1-2,4,6,8-9H,3,5,7,10-11H2. The van der Waals surface area contributed by atoms with E-state index in [4.69, 9.17) is 11.6 Å². The van der Waals surface area contributed by atoms with Crippen LogP contribution in [0.4, 0.5) is 0 Å². The van der Waals surface area contributed by atoms with Gasteiger partial charge >= 0.3 is 0 Å². The van der Waals surface area contributed by atoms with Gasteiger partial charge in [-0.05, 0) is 42.4 Å². The van der Waals surface area contributed by atoms with Gasteiger partial charge in [0.1, 0.15) is 6.29 Å². The third kappa shape index (κ3) is 5.57. The molecule has 0 saturated heterocycles. The molecule has 0 spiro atoms. The molecule has 0 unspecified atom stereocenters. The number of hydrogen-bond donors (Lipinski definition) is 0. The Balaban J connectivity index is 2.07. The molecule has 0 saturated carbocycles. The lowest BCUT2D eigenvalue weighted by Gasteiger charge is -2.03. The molecular weight excluding hydrogens is 240 g/mol. The first-order valence-corrected chi connectivity index (χ1v) is 6.94. The van der Waals surface area contributed by atoms with E-state index in [-0.39, 0.29) is 0 Å². The number of aldehydes is 1. The van der Waals surface area contributed by atoms with Crippen LogP contribution in [-0.2, 0) is 11.2 Å². The molecule has 0 aromatic heterocycles. The number of benzene rings is 1. The Morgan fingerprint density at radius 2 is 2.06 bits per heavy atom. The fourth-order valence-electron chi connectivity index (χ4n) is 1.34. The molecule has 0 atom stereocenters. The number of hydrogen-bond acceptors (Lipinski definition) is 2. The summed E-state index contributed by atoms with van der Waals surface area (Å²) < 4.78 is 0. The molecule has 1 nitrogen and oxygen atoms in total. The minimum Gasteiger partial charge on any atom is -0.303 e. The van der Waals surface area contributed by atoms with Crippen molar-refractivity contribution in [3.8, 4) is 0 Å². The first-order valence-electron chi connectivity index (χ1n) is 5.41. The molecule has 1 aromatic carbocycles. The highest BCUT2D eigenvalue weighted by Crippen LogP contribution is 2.17. The fraction of sp³-hybridized carbons (Fsp3) is 0.385. The average Bonchev–Trinajstić information content (AvgIpc) is 2.30. The van der Waals surface area contributed by atoms with Crippen LogP contribution in [-0.4, -0.2) is 17.8 Å². The van der Waals surface area contributed by atoms with Crippen LogP contribution in [0.1, 0.15) is 18.4 Å². The second kappa shape index (κ2) is 8.66. The monoisotopic (exact) mass is 255 g/mol. The van der Waals surface area contributed by atoms with E-state index in [1.165, 1.54) is 5.56 Å². The van der Waals surface area contributed by atoms with Crippen molar-refractivity contribution in [3.05, 3.63) is 41.3 Å². The summed E-state index contributed by atoms with van der Waals surface area (Å²) in [5, 5.41) is 0.851. The van der Waals surface area contributed by atoms with Gasteiger partial charge in [-0.3, -0.25) is 0 Å². The zero-order chi connectivity index (χ0) is 11.6. The fourth-order valence-corrected chi connectivity index (χ4v) is 2.33. The van der Waals surface area contributed by atoms with E-state index >= 15 is 0 Å². The number of carbonyl (C=O) groups is 1. The van der Waals surface area contributed by atoms with Gasteiger partial charge in [-0.1, -0.05) is 29.8 Å². The molecule has 0 fully saturated rings. The van der Waals surface area contributed by atoms with Gasteiger partial charge in [0.05, 0.1) is 0 Å². The van der Waals surface area contributed by atoms with Crippen LogP contribution in [0.25, 0.3) is 0 Å². The summed E-state index contributed by atoms with van der Waals surface area (Å²) >= 11 is 7.84. The van der Waals surface area contributed by atoms with E-state index in [0.29, 0.717) is 6.42 Å². The molecular formula is C13H16ClOS. The lowest BCUT2D eigenvalue weighted by Crippen LogP contribution is -1.90. The van der Waals surface area contributed by atoms with Gasteiger partial charge in [0.15, 0.2) is 0 Å². The van der Waals surface area contributed by atoms with Crippen molar-refractivity contribution in [2.24, 2.45) is 0 Å². The van der Waals surface area contributed by atoms with Crippen molar-refractivity contribution in [2.45, 2.75) is 19.3 Å². The summed E-state index contributed by atoms with van der Waals surface area (Å²) in [5.74, 6) is 1.93. The predicted octanol–water partition coefficient (Wildman–Crippen LogP) is 3.80. The highest BCUT2D eigenvalue weighted by atomic mass is 35.5. The quantitative estimate of drug-likeness (QED) is 0.519. The highest BCUT2D eigenvalue weighted by Gasteiger charge is 1.98.